The SMILES string of the molecule is CSc1ccc(C(Cl)C(C)=O)cc1Cl. The highest BCUT2D eigenvalue weighted by atomic mass is 35.5. The zero-order valence-corrected chi connectivity index (χ0v) is 10.2. The van der Waals surface area contributed by atoms with Gasteiger partial charge in [0.05, 0.1) is 5.02 Å². The van der Waals surface area contributed by atoms with Crippen LogP contribution in [0.3, 0.4) is 0 Å². The van der Waals surface area contributed by atoms with E-state index in [1.807, 2.05) is 18.4 Å². The summed E-state index contributed by atoms with van der Waals surface area (Å²) in [5.41, 5.74) is 0.752. The summed E-state index contributed by atoms with van der Waals surface area (Å²) in [6, 6.07) is 5.45. The van der Waals surface area contributed by atoms with Crippen molar-refractivity contribution in [3.05, 3.63) is 28.8 Å². The molecule has 0 N–H and O–H groups in total. The van der Waals surface area contributed by atoms with Crippen molar-refractivity contribution < 1.29 is 4.79 Å². The molecule has 0 radical (unpaired) electrons. The zero-order valence-electron chi connectivity index (χ0n) is 7.88. The first-order valence-corrected chi connectivity index (χ1v) is 6.08. The molecule has 1 unspecified atom stereocenters. The molecule has 0 fully saturated rings. The van der Waals surface area contributed by atoms with Gasteiger partial charge in [-0.1, -0.05) is 17.7 Å². The van der Waals surface area contributed by atoms with E-state index in [9.17, 15) is 4.79 Å². The van der Waals surface area contributed by atoms with Crippen molar-refractivity contribution in [2.24, 2.45) is 0 Å². The van der Waals surface area contributed by atoms with Gasteiger partial charge in [-0.25, -0.2) is 0 Å². The number of alkyl halides is 1. The van der Waals surface area contributed by atoms with Crippen LogP contribution in [0.25, 0.3) is 0 Å². The standard InChI is InChI=1S/C10H10Cl2OS/c1-6(13)10(12)7-3-4-9(14-2)8(11)5-7/h3-5,10H,1-2H3. The van der Waals surface area contributed by atoms with Crippen molar-refractivity contribution in [2.45, 2.75) is 17.2 Å². The van der Waals surface area contributed by atoms with Gasteiger partial charge in [0.15, 0.2) is 5.78 Å². The van der Waals surface area contributed by atoms with E-state index >= 15 is 0 Å². The largest absolute Gasteiger partial charge is 0.298 e. The van der Waals surface area contributed by atoms with Gasteiger partial charge in [-0.3, -0.25) is 4.79 Å². The number of hydrogen-bond acceptors (Lipinski definition) is 2. The van der Waals surface area contributed by atoms with E-state index in [2.05, 4.69) is 0 Å². The van der Waals surface area contributed by atoms with Crippen molar-refractivity contribution in [3.63, 3.8) is 0 Å². The number of hydrogen-bond donors (Lipinski definition) is 0. The van der Waals surface area contributed by atoms with Crippen LogP contribution in [0.1, 0.15) is 17.9 Å². The number of ketones is 1. The molecule has 0 amide bonds. The molecule has 1 rings (SSSR count). The van der Waals surface area contributed by atoms with E-state index in [1.54, 1.807) is 17.8 Å². The van der Waals surface area contributed by atoms with Crippen LogP contribution in [-0.4, -0.2) is 12.0 Å². The monoisotopic (exact) mass is 248 g/mol. The van der Waals surface area contributed by atoms with Crippen molar-refractivity contribution in [2.75, 3.05) is 6.26 Å². The van der Waals surface area contributed by atoms with Gasteiger partial charge in [-0.05, 0) is 30.9 Å². The fraction of sp³-hybridized carbons (Fsp3) is 0.300. The Morgan fingerprint density at radius 3 is 2.57 bits per heavy atom. The maximum absolute atomic E-state index is 11.0. The van der Waals surface area contributed by atoms with Gasteiger partial charge < -0.3 is 0 Å². The number of halogens is 2. The molecule has 14 heavy (non-hydrogen) atoms. The van der Waals surface area contributed by atoms with Crippen LogP contribution in [-0.2, 0) is 4.79 Å². The van der Waals surface area contributed by atoms with Crippen LogP contribution >= 0.6 is 35.0 Å². The lowest BCUT2D eigenvalue weighted by Crippen LogP contribution is -2.01. The summed E-state index contributed by atoms with van der Waals surface area (Å²) in [7, 11) is 0. The molecule has 1 atom stereocenters. The maximum atomic E-state index is 11.0. The topological polar surface area (TPSA) is 17.1 Å². The number of Topliss-reactive ketones (excluding diaryl/α,β-unsaturated/α-hetero) is 1. The van der Waals surface area contributed by atoms with Crippen molar-refractivity contribution in [1.82, 2.24) is 0 Å². The number of carbonyl (C=O) groups is 1. The summed E-state index contributed by atoms with van der Waals surface area (Å²) in [4.78, 5) is 12.0. The number of carbonyl (C=O) groups excluding carboxylic acids is 1. The van der Waals surface area contributed by atoms with Gasteiger partial charge in [0, 0.05) is 4.90 Å². The minimum absolute atomic E-state index is 0.0698. The molecule has 76 valence electrons. The molecule has 0 saturated heterocycles. The predicted octanol–water partition coefficient (Wildman–Crippen LogP) is 3.93. The van der Waals surface area contributed by atoms with Crippen LogP contribution in [0.5, 0.6) is 0 Å². The van der Waals surface area contributed by atoms with Crippen LogP contribution in [0.2, 0.25) is 5.02 Å². The Kier molecular flexibility index (Phi) is 4.30. The first kappa shape index (κ1) is 11.9. The van der Waals surface area contributed by atoms with Crippen molar-refractivity contribution >= 4 is 40.7 Å². The van der Waals surface area contributed by atoms with Gasteiger partial charge in [-0.15, -0.1) is 23.4 Å². The van der Waals surface area contributed by atoms with E-state index in [-0.39, 0.29) is 5.78 Å². The number of rotatable bonds is 3. The van der Waals surface area contributed by atoms with Gasteiger partial charge in [0.25, 0.3) is 0 Å². The third-order valence-electron chi connectivity index (χ3n) is 1.83. The first-order valence-electron chi connectivity index (χ1n) is 4.04. The average Bonchev–Trinajstić information content (AvgIpc) is 2.16. The highest BCUT2D eigenvalue weighted by molar-refractivity contribution is 7.98. The number of benzene rings is 1. The summed E-state index contributed by atoms with van der Waals surface area (Å²) in [6.07, 6.45) is 1.95. The summed E-state index contributed by atoms with van der Waals surface area (Å²) >= 11 is 13.4. The number of thioether (sulfide) groups is 1. The lowest BCUT2D eigenvalue weighted by Gasteiger charge is -2.08. The third-order valence-corrected chi connectivity index (χ3v) is 3.61. The molecule has 1 aromatic rings. The molecule has 0 aliphatic carbocycles. The molecule has 0 saturated carbocycles. The van der Waals surface area contributed by atoms with Gasteiger partial charge in [-0.2, -0.15) is 0 Å². The average molecular weight is 249 g/mol. The van der Waals surface area contributed by atoms with E-state index < -0.39 is 5.38 Å². The molecule has 0 aromatic heterocycles. The second kappa shape index (κ2) is 5.06. The molecule has 0 bridgehead atoms. The lowest BCUT2D eigenvalue weighted by molar-refractivity contribution is -0.116. The normalized spacial score (nSPS) is 12.6. The smallest absolute Gasteiger partial charge is 0.152 e. The Bertz CT molecular complexity index is 352. The Hall–Kier alpha value is -0.180. The predicted molar refractivity (Wildman–Crippen MR) is 62.5 cm³/mol. The second-order valence-corrected chi connectivity index (χ2v) is 4.56. The summed E-state index contributed by atoms with van der Waals surface area (Å²) < 4.78 is 0. The van der Waals surface area contributed by atoms with Gasteiger partial charge in [0.1, 0.15) is 5.38 Å². The molecular weight excluding hydrogens is 239 g/mol. The van der Waals surface area contributed by atoms with Crippen LogP contribution in [0.4, 0.5) is 0 Å². The lowest BCUT2D eigenvalue weighted by atomic mass is 10.1. The molecule has 1 aromatic carbocycles. The molecular formula is C10H10Cl2OS. The van der Waals surface area contributed by atoms with Crippen LogP contribution in [0, 0.1) is 0 Å². The molecule has 0 aliphatic rings. The fourth-order valence-corrected chi connectivity index (χ4v) is 2.09. The molecule has 4 heteroatoms. The quantitative estimate of drug-likeness (QED) is 0.596. The van der Waals surface area contributed by atoms with Crippen molar-refractivity contribution in [3.8, 4) is 0 Å². The third kappa shape index (κ3) is 2.66. The summed E-state index contributed by atoms with van der Waals surface area (Å²) in [5, 5.41) is 0.0466. The molecule has 0 spiro atoms. The minimum atomic E-state index is -0.594. The van der Waals surface area contributed by atoms with Crippen LogP contribution in [0.15, 0.2) is 23.1 Å². The highest BCUT2D eigenvalue weighted by Crippen LogP contribution is 2.30. The van der Waals surface area contributed by atoms with Gasteiger partial charge in [0.2, 0.25) is 0 Å². The van der Waals surface area contributed by atoms with E-state index in [1.165, 1.54) is 6.92 Å². The Morgan fingerprint density at radius 2 is 2.14 bits per heavy atom. The zero-order chi connectivity index (χ0) is 10.7. The minimum Gasteiger partial charge on any atom is -0.298 e. The van der Waals surface area contributed by atoms with E-state index in [0.717, 1.165) is 10.5 Å². The summed E-state index contributed by atoms with van der Waals surface area (Å²) in [6.45, 7) is 1.47. The van der Waals surface area contributed by atoms with Gasteiger partial charge >= 0.3 is 0 Å². The van der Waals surface area contributed by atoms with E-state index in [0.29, 0.717) is 5.02 Å². The fourth-order valence-electron chi connectivity index (χ4n) is 1.07. The second-order valence-electron chi connectivity index (χ2n) is 2.87. The highest BCUT2D eigenvalue weighted by Gasteiger charge is 2.13. The maximum Gasteiger partial charge on any atom is 0.152 e. The first-order chi connectivity index (χ1) is 6.56. The summed E-state index contributed by atoms with van der Waals surface area (Å²) in [5.74, 6) is -0.0698. The molecule has 0 heterocycles. The Labute approximate surface area is 97.8 Å². The molecule has 0 aliphatic heterocycles. The Balaban J connectivity index is 3.02. The molecule has 1 nitrogen and oxygen atoms in total. The van der Waals surface area contributed by atoms with Crippen molar-refractivity contribution in [1.29, 1.82) is 0 Å². The van der Waals surface area contributed by atoms with Crippen LogP contribution < -0.4 is 0 Å². The van der Waals surface area contributed by atoms with E-state index in [4.69, 9.17) is 23.2 Å². The Morgan fingerprint density at radius 1 is 1.50 bits per heavy atom.